The summed E-state index contributed by atoms with van der Waals surface area (Å²) < 4.78 is 6.13. The number of ether oxygens (including phenoxy) is 1. The molecule has 0 spiro atoms. The first-order valence-corrected chi connectivity index (χ1v) is 8.05. The lowest BCUT2D eigenvalue weighted by molar-refractivity contribution is -0.912. The van der Waals surface area contributed by atoms with Gasteiger partial charge in [-0.05, 0) is 0 Å². The molecule has 0 bridgehead atoms. The average molecular weight is 314 g/mol. The number of hydrogen-bond acceptors (Lipinski definition) is 5. The maximum Gasteiger partial charge on any atom is 0.352 e. The molecule has 2 saturated heterocycles. The number of carbonyl (C=O) groups is 2. The zero-order valence-electron chi connectivity index (χ0n) is 11.9. The number of quaternary nitrogens is 1. The van der Waals surface area contributed by atoms with Crippen LogP contribution in [-0.2, 0) is 14.3 Å². The number of likely N-dealkylation sites (N-methyl/N-ethyl adjacent to an activating group) is 1. The Balaban J connectivity index is 1.87. The molecule has 3 aliphatic heterocycles. The van der Waals surface area contributed by atoms with Crippen LogP contribution >= 0.6 is 11.8 Å². The first-order chi connectivity index (χ1) is 9.93. The van der Waals surface area contributed by atoms with Crippen molar-refractivity contribution in [3.63, 3.8) is 0 Å². The van der Waals surface area contributed by atoms with E-state index in [-0.39, 0.29) is 17.0 Å². The molecule has 3 rings (SSSR count). The van der Waals surface area contributed by atoms with Gasteiger partial charge in [-0.1, -0.05) is 0 Å². The topological polar surface area (TPSA) is 92.9 Å². The molecule has 3 N–H and O–H groups in total. The van der Waals surface area contributed by atoms with Crippen LogP contribution in [0.4, 0.5) is 0 Å². The molecule has 2 atom stereocenters. The van der Waals surface area contributed by atoms with E-state index in [0.717, 1.165) is 23.1 Å². The van der Waals surface area contributed by atoms with Crippen molar-refractivity contribution in [2.45, 2.75) is 11.4 Å². The number of nitrogens with zero attached hydrogens (tertiary/aromatic N) is 2. The Labute approximate surface area is 127 Å². The number of hydrogen-bond donors (Lipinski definition) is 2. The fourth-order valence-corrected chi connectivity index (χ4v) is 4.39. The first kappa shape index (κ1) is 14.8. The molecule has 0 aliphatic carbocycles. The molecule has 2 fully saturated rings. The molecule has 21 heavy (non-hydrogen) atoms. The van der Waals surface area contributed by atoms with Gasteiger partial charge >= 0.3 is 5.97 Å². The molecular weight excluding hydrogens is 294 g/mol. The number of β-lactam (4-membered cyclic amide) rings is 1. The van der Waals surface area contributed by atoms with Crippen LogP contribution in [0.15, 0.2) is 11.3 Å². The Hall–Kier alpha value is -1.09. The summed E-state index contributed by atoms with van der Waals surface area (Å²) in [6, 6.07) is -0.570. The molecule has 0 radical (unpaired) electrons. The molecule has 0 aromatic rings. The third kappa shape index (κ3) is 2.46. The molecule has 8 heteroatoms. The van der Waals surface area contributed by atoms with Gasteiger partial charge in [-0.25, -0.2) is 4.79 Å². The Bertz CT molecular complexity index is 516. The van der Waals surface area contributed by atoms with Gasteiger partial charge < -0.3 is 20.1 Å². The summed E-state index contributed by atoms with van der Waals surface area (Å²) in [6.45, 7) is 3.74. The minimum absolute atomic E-state index is 0.149. The number of thioether (sulfide) groups is 1. The smallest absolute Gasteiger partial charge is 0.352 e. The van der Waals surface area contributed by atoms with Crippen LogP contribution in [0, 0.1) is 0 Å². The monoisotopic (exact) mass is 314 g/mol. The van der Waals surface area contributed by atoms with Gasteiger partial charge in [0.2, 0.25) is 5.91 Å². The van der Waals surface area contributed by atoms with Crippen LogP contribution in [0.2, 0.25) is 0 Å². The first-order valence-electron chi connectivity index (χ1n) is 7.00. The van der Waals surface area contributed by atoms with Crippen LogP contribution in [0.25, 0.3) is 0 Å². The molecule has 116 valence electrons. The number of carbonyl (C=O) groups excluding carboxylic acids is 1. The van der Waals surface area contributed by atoms with Crippen molar-refractivity contribution in [2.24, 2.45) is 5.73 Å². The highest BCUT2D eigenvalue weighted by atomic mass is 32.2. The summed E-state index contributed by atoms with van der Waals surface area (Å²) in [5, 5.41) is 9.29. The third-order valence-electron chi connectivity index (χ3n) is 4.41. The summed E-state index contributed by atoms with van der Waals surface area (Å²) in [6.07, 6.45) is 0. The minimum atomic E-state index is -1.03. The number of rotatable bonds is 3. The lowest BCUT2D eigenvalue weighted by Gasteiger charge is -2.49. The van der Waals surface area contributed by atoms with Gasteiger partial charge in [-0.15, -0.1) is 11.8 Å². The van der Waals surface area contributed by atoms with E-state index in [1.807, 2.05) is 0 Å². The van der Waals surface area contributed by atoms with Crippen LogP contribution in [0.3, 0.4) is 0 Å². The van der Waals surface area contributed by atoms with Crippen molar-refractivity contribution < 1.29 is 23.9 Å². The maximum absolute atomic E-state index is 11.9. The fraction of sp³-hybridized carbons (Fsp3) is 0.692. The molecule has 3 heterocycles. The zero-order chi connectivity index (χ0) is 15.2. The van der Waals surface area contributed by atoms with Gasteiger partial charge in [0.15, 0.2) is 0 Å². The lowest BCUT2D eigenvalue weighted by atomic mass is 10.0. The predicted molar refractivity (Wildman–Crippen MR) is 77.3 cm³/mol. The Kier molecular flexibility index (Phi) is 3.73. The summed E-state index contributed by atoms with van der Waals surface area (Å²) in [5.41, 5.74) is 6.72. The van der Waals surface area contributed by atoms with Crippen molar-refractivity contribution >= 4 is 23.6 Å². The van der Waals surface area contributed by atoms with E-state index in [0.29, 0.717) is 25.5 Å². The second-order valence-corrected chi connectivity index (χ2v) is 7.14. The van der Waals surface area contributed by atoms with E-state index in [1.165, 1.54) is 4.90 Å². The van der Waals surface area contributed by atoms with E-state index >= 15 is 0 Å². The van der Waals surface area contributed by atoms with E-state index in [4.69, 9.17) is 10.5 Å². The highest BCUT2D eigenvalue weighted by molar-refractivity contribution is 8.00. The number of morpholine rings is 1. The van der Waals surface area contributed by atoms with Gasteiger partial charge in [-0.2, -0.15) is 0 Å². The normalized spacial score (nSPS) is 31.7. The van der Waals surface area contributed by atoms with Gasteiger partial charge in [-0.3, -0.25) is 9.69 Å². The summed E-state index contributed by atoms with van der Waals surface area (Å²) in [5.74, 6) is -0.694. The van der Waals surface area contributed by atoms with E-state index in [9.17, 15) is 14.7 Å². The van der Waals surface area contributed by atoms with Gasteiger partial charge in [0.25, 0.3) is 0 Å². The average Bonchev–Trinajstić information content (AvgIpc) is 2.46. The molecule has 1 amide bonds. The maximum atomic E-state index is 11.9. The lowest BCUT2D eigenvalue weighted by Crippen LogP contribution is -2.69. The van der Waals surface area contributed by atoms with Crippen molar-refractivity contribution in [3.05, 3.63) is 11.3 Å². The standard InChI is InChI=1S/C13H19N3O4S/c1-16(2-4-20-5-3-16)6-8-7-21-12-9(14)11(17)15(12)10(8)13(18)19/h9,12H,2-7,14H2,1H3/p+1. The molecular formula is C13H20N3O4S+. The molecule has 7 nitrogen and oxygen atoms in total. The summed E-state index contributed by atoms with van der Waals surface area (Å²) >= 11 is 1.56. The number of amides is 1. The van der Waals surface area contributed by atoms with Crippen LogP contribution in [-0.4, -0.2) is 83.4 Å². The highest BCUT2D eigenvalue weighted by Crippen LogP contribution is 2.40. The molecule has 3 aliphatic rings. The fourth-order valence-electron chi connectivity index (χ4n) is 3.10. The second kappa shape index (κ2) is 5.28. The Morgan fingerprint density at radius 2 is 2.19 bits per heavy atom. The van der Waals surface area contributed by atoms with Crippen LogP contribution < -0.4 is 5.73 Å². The molecule has 2 unspecified atom stereocenters. The van der Waals surface area contributed by atoms with E-state index in [1.54, 1.807) is 11.8 Å². The number of nitrogens with two attached hydrogens (primary N) is 1. The van der Waals surface area contributed by atoms with Gasteiger partial charge in [0.05, 0.1) is 20.3 Å². The third-order valence-corrected chi connectivity index (χ3v) is 5.78. The number of aliphatic carboxylic acids is 1. The predicted octanol–water partition coefficient (Wildman–Crippen LogP) is -0.956. The number of carboxylic acid groups (broad SMARTS) is 1. The van der Waals surface area contributed by atoms with Crippen LogP contribution in [0.5, 0.6) is 0 Å². The SMILES string of the molecule is C[N+]1(CC2=C(C(=O)O)N3C(=O)C(N)C3SC2)CCOCC1. The zero-order valence-corrected chi connectivity index (χ0v) is 12.8. The summed E-state index contributed by atoms with van der Waals surface area (Å²) in [4.78, 5) is 24.9. The van der Waals surface area contributed by atoms with Crippen molar-refractivity contribution in [2.75, 3.05) is 45.6 Å². The Morgan fingerprint density at radius 3 is 2.81 bits per heavy atom. The number of fused-ring (bicyclic) bond motifs is 1. The molecule has 0 aromatic carbocycles. The van der Waals surface area contributed by atoms with Gasteiger partial charge in [0.1, 0.15) is 36.7 Å². The highest BCUT2D eigenvalue weighted by Gasteiger charge is 2.52. The van der Waals surface area contributed by atoms with Crippen molar-refractivity contribution in [3.8, 4) is 0 Å². The Morgan fingerprint density at radius 1 is 1.52 bits per heavy atom. The molecule has 0 saturated carbocycles. The van der Waals surface area contributed by atoms with E-state index in [2.05, 4.69) is 7.05 Å². The number of carboxylic acids is 1. The largest absolute Gasteiger partial charge is 0.477 e. The van der Waals surface area contributed by atoms with Gasteiger partial charge in [0, 0.05) is 11.3 Å². The minimum Gasteiger partial charge on any atom is -0.477 e. The molecule has 0 aromatic heterocycles. The quantitative estimate of drug-likeness (QED) is 0.515. The second-order valence-electron chi connectivity index (χ2n) is 6.03. The van der Waals surface area contributed by atoms with Crippen LogP contribution in [0.1, 0.15) is 0 Å². The summed E-state index contributed by atoms with van der Waals surface area (Å²) in [7, 11) is 2.11. The van der Waals surface area contributed by atoms with Crippen molar-refractivity contribution in [1.82, 2.24) is 4.90 Å². The van der Waals surface area contributed by atoms with E-state index < -0.39 is 12.0 Å². The van der Waals surface area contributed by atoms with Crippen molar-refractivity contribution in [1.29, 1.82) is 0 Å².